The van der Waals surface area contributed by atoms with E-state index in [1.54, 1.807) is 6.20 Å². The minimum atomic E-state index is -0.751. The molecule has 0 bridgehead atoms. The Bertz CT molecular complexity index is 587. The number of aliphatic carboxylic acids is 1. The predicted molar refractivity (Wildman–Crippen MR) is 76.7 cm³/mol. The summed E-state index contributed by atoms with van der Waals surface area (Å²) in [5, 5.41) is 13.4. The van der Waals surface area contributed by atoms with E-state index in [4.69, 9.17) is 16.7 Å². The van der Waals surface area contributed by atoms with Gasteiger partial charge in [0.1, 0.15) is 0 Å². The predicted octanol–water partition coefficient (Wildman–Crippen LogP) is 3.56. The summed E-state index contributed by atoms with van der Waals surface area (Å²) in [5.74, 6) is -0.751. The second kappa shape index (κ2) is 6.38. The van der Waals surface area contributed by atoms with Gasteiger partial charge >= 0.3 is 5.97 Å². The Morgan fingerprint density at radius 3 is 2.95 bits per heavy atom. The molecule has 0 unspecified atom stereocenters. The van der Waals surface area contributed by atoms with E-state index < -0.39 is 5.97 Å². The van der Waals surface area contributed by atoms with Crippen LogP contribution in [-0.4, -0.2) is 22.6 Å². The normalized spacial score (nSPS) is 10.6. The third-order valence-corrected chi connectivity index (χ3v) is 3.18. The van der Waals surface area contributed by atoms with E-state index in [1.165, 1.54) is 0 Å². The second-order valence-electron chi connectivity index (χ2n) is 4.27. The maximum Gasteiger partial charge on any atom is 0.303 e. The molecule has 2 aromatic rings. The van der Waals surface area contributed by atoms with Gasteiger partial charge in [-0.1, -0.05) is 11.6 Å². The Labute approximate surface area is 116 Å². The second-order valence-corrected chi connectivity index (χ2v) is 4.68. The third kappa shape index (κ3) is 3.58. The van der Waals surface area contributed by atoms with Crippen molar-refractivity contribution in [2.45, 2.75) is 19.3 Å². The average molecular weight is 279 g/mol. The summed E-state index contributed by atoms with van der Waals surface area (Å²) in [6.07, 6.45) is 3.42. The van der Waals surface area contributed by atoms with Crippen molar-refractivity contribution in [2.75, 3.05) is 11.9 Å². The Hall–Kier alpha value is -1.81. The van der Waals surface area contributed by atoms with Crippen molar-refractivity contribution in [1.82, 2.24) is 4.98 Å². The first-order valence-corrected chi connectivity index (χ1v) is 6.55. The number of carbonyl (C=O) groups is 1. The lowest BCUT2D eigenvalue weighted by Gasteiger charge is -2.09. The lowest BCUT2D eigenvalue weighted by molar-refractivity contribution is -0.137. The Morgan fingerprint density at radius 2 is 2.16 bits per heavy atom. The highest BCUT2D eigenvalue weighted by Crippen LogP contribution is 2.27. The number of unbranched alkanes of at least 4 members (excludes halogenated alkanes) is 1. The van der Waals surface area contributed by atoms with Gasteiger partial charge in [0.15, 0.2) is 0 Å². The Morgan fingerprint density at radius 1 is 1.32 bits per heavy atom. The fraction of sp³-hybridized carbons (Fsp3) is 0.286. The van der Waals surface area contributed by atoms with E-state index in [9.17, 15) is 4.79 Å². The molecule has 1 aromatic carbocycles. The summed E-state index contributed by atoms with van der Waals surface area (Å²) < 4.78 is 0. The summed E-state index contributed by atoms with van der Waals surface area (Å²) >= 11 is 6.11. The molecule has 0 spiro atoms. The zero-order chi connectivity index (χ0) is 13.7. The maximum absolute atomic E-state index is 10.4. The van der Waals surface area contributed by atoms with Gasteiger partial charge < -0.3 is 10.4 Å². The van der Waals surface area contributed by atoms with Crippen molar-refractivity contribution in [2.24, 2.45) is 0 Å². The number of rotatable bonds is 6. The number of benzene rings is 1. The van der Waals surface area contributed by atoms with E-state index in [0.29, 0.717) is 11.4 Å². The van der Waals surface area contributed by atoms with Gasteiger partial charge in [0, 0.05) is 24.5 Å². The number of nitrogens with one attached hydrogen (secondary N) is 1. The summed E-state index contributed by atoms with van der Waals surface area (Å²) in [4.78, 5) is 14.7. The van der Waals surface area contributed by atoms with Crippen molar-refractivity contribution in [1.29, 1.82) is 0 Å². The number of hydrogen-bond donors (Lipinski definition) is 2. The van der Waals surface area contributed by atoms with Gasteiger partial charge in [-0.05, 0) is 37.1 Å². The number of halogens is 1. The van der Waals surface area contributed by atoms with Crippen LogP contribution in [0.4, 0.5) is 5.69 Å². The SMILES string of the molecule is O=C(O)CCCCNc1ccc(Cl)c2cccnc12. The van der Waals surface area contributed by atoms with Gasteiger partial charge in [0.25, 0.3) is 0 Å². The highest BCUT2D eigenvalue weighted by atomic mass is 35.5. The first-order valence-electron chi connectivity index (χ1n) is 6.17. The molecule has 2 rings (SSSR count). The molecular weight excluding hydrogens is 264 g/mol. The van der Waals surface area contributed by atoms with Crippen LogP contribution >= 0.6 is 11.6 Å². The molecule has 19 heavy (non-hydrogen) atoms. The molecule has 0 amide bonds. The molecule has 1 heterocycles. The van der Waals surface area contributed by atoms with Crippen molar-refractivity contribution in [3.8, 4) is 0 Å². The number of anilines is 1. The molecule has 0 fully saturated rings. The van der Waals surface area contributed by atoms with Gasteiger partial charge in [-0.2, -0.15) is 0 Å². The third-order valence-electron chi connectivity index (χ3n) is 2.85. The van der Waals surface area contributed by atoms with E-state index in [2.05, 4.69) is 10.3 Å². The van der Waals surface area contributed by atoms with Crippen LogP contribution in [0.2, 0.25) is 5.02 Å². The van der Waals surface area contributed by atoms with Crippen molar-refractivity contribution < 1.29 is 9.90 Å². The van der Waals surface area contributed by atoms with Crippen LogP contribution in [-0.2, 0) is 4.79 Å². The molecule has 5 heteroatoms. The molecule has 0 radical (unpaired) electrons. The highest BCUT2D eigenvalue weighted by Gasteiger charge is 2.05. The van der Waals surface area contributed by atoms with Crippen LogP contribution in [0, 0.1) is 0 Å². The molecule has 0 aliphatic carbocycles. The van der Waals surface area contributed by atoms with Gasteiger partial charge in [-0.3, -0.25) is 9.78 Å². The summed E-state index contributed by atoms with van der Waals surface area (Å²) in [7, 11) is 0. The summed E-state index contributed by atoms with van der Waals surface area (Å²) in [5.41, 5.74) is 1.77. The van der Waals surface area contributed by atoms with E-state index in [-0.39, 0.29) is 6.42 Å². The van der Waals surface area contributed by atoms with Crippen molar-refractivity contribution >= 4 is 34.2 Å². The zero-order valence-corrected chi connectivity index (χ0v) is 11.2. The standard InChI is InChI=1S/C14H15ClN2O2/c15-11-6-7-12(14-10(11)4-3-9-17-14)16-8-2-1-5-13(18)19/h3-4,6-7,9,16H,1-2,5,8H2,(H,18,19). The molecule has 2 N–H and O–H groups in total. The maximum atomic E-state index is 10.4. The minimum absolute atomic E-state index is 0.210. The number of fused-ring (bicyclic) bond motifs is 1. The van der Waals surface area contributed by atoms with Crippen LogP contribution in [0.25, 0.3) is 10.9 Å². The molecule has 1 aromatic heterocycles. The lowest BCUT2D eigenvalue weighted by atomic mass is 10.2. The molecule has 0 saturated heterocycles. The van der Waals surface area contributed by atoms with E-state index in [1.807, 2.05) is 24.3 Å². The number of hydrogen-bond acceptors (Lipinski definition) is 3. The molecule has 0 atom stereocenters. The number of carboxylic acid groups (broad SMARTS) is 1. The van der Waals surface area contributed by atoms with E-state index >= 15 is 0 Å². The summed E-state index contributed by atoms with van der Waals surface area (Å²) in [6, 6.07) is 7.52. The number of pyridine rings is 1. The molecule has 100 valence electrons. The molecule has 4 nitrogen and oxygen atoms in total. The molecular formula is C14H15ClN2O2. The number of nitrogens with zero attached hydrogens (tertiary/aromatic N) is 1. The van der Waals surface area contributed by atoms with Crippen LogP contribution in [0.1, 0.15) is 19.3 Å². The van der Waals surface area contributed by atoms with Gasteiger partial charge in [-0.15, -0.1) is 0 Å². The fourth-order valence-electron chi connectivity index (χ4n) is 1.90. The van der Waals surface area contributed by atoms with Crippen LogP contribution < -0.4 is 5.32 Å². The highest BCUT2D eigenvalue weighted by molar-refractivity contribution is 6.35. The summed E-state index contributed by atoms with van der Waals surface area (Å²) in [6.45, 7) is 0.723. The molecule has 0 saturated carbocycles. The molecule has 0 aliphatic rings. The van der Waals surface area contributed by atoms with Crippen molar-refractivity contribution in [3.05, 3.63) is 35.5 Å². The topological polar surface area (TPSA) is 62.2 Å². The van der Waals surface area contributed by atoms with Gasteiger partial charge in [0.05, 0.1) is 16.2 Å². The van der Waals surface area contributed by atoms with Crippen LogP contribution in [0.3, 0.4) is 0 Å². The number of aromatic nitrogens is 1. The fourth-order valence-corrected chi connectivity index (χ4v) is 2.12. The van der Waals surface area contributed by atoms with Gasteiger partial charge in [0.2, 0.25) is 0 Å². The van der Waals surface area contributed by atoms with Crippen molar-refractivity contribution in [3.63, 3.8) is 0 Å². The largest absolute Gasteiger partial charge is 0.481 e. The van der Waals surface area contributed by atoms with E-state index in [0.717, 1.165) is 29.6 Å². The number of carboxylic acids is 1. The Balaban J connectivity index is 2.01. The molecule has 0 aliphatic heterocycles. The van der Waals surface area contributed by atoms with Crippen LogP contribution in [0.15, 0.2) is 30.5 Å². The minimum Gasteiger partial charge on any atom is -0.481 e. The first-order chi connectivity index (χ1) is 9.18. The van der Waals surface area contributed by atoms with Crippen LogP contribution in [0.5, 0.6) is 0 Å². The average Bonchev–Trinajstić information content (AvgIpc) is 2.41. The zero-order valence-electron chi connectivity index (χ0n) is 10.4. The monoisotopic (exact) mass is 278 g/mol. The smallest absolute Gasteiger partial charge is 0.303 e. The van der Waals surface area contributed by atoms with Gasteiger partial charge in [-0.25, -0.2) is 0 Å². The lowest BCUT2D eigenvalue weighted by Crippen LogP contribution is -2.04. The first kappa shape index (κ1) is 13.6. The Kier molecular flexibility index (Phi) is 4.58. The quantitative estimate of drug-likeness (QED) is 0.793.